The number of methoxy groups -OCH3 is 1. The summed E-state index contributed by atoms with van der Waals surface area (Å²) in [6.07, 6.45) is 0.850. The second kappa shape index (κ2) is 7.05. The molecule has 1 atom stereocenters. The number of thiophene rings is 1. The summed E-state index contributed by atoms with van der Waals surface area (Å²) < 4.78 is 11.0. The number of ketones is 1. The van der Waals surface area contributed by atoms with Gasteiger partial charge in [0.15, 0.2) is 5.78 Å². The molecule has 0 fully saturated rings. The molecule has 6 heteroatoms. The van der Waals surface area contributed by atoms with Gasteiger partial charge in [0, 0.05) is 18.5 Å². The second-order valence-electron chi connectivity index (χ2n) is 5.78. The Hall–Kier alpha value is -2.34. The summed E-state index contributed by atoms with van der Waals surface area (Å²) in [4.78, 5) is 24.6. The van der Waals surface area contributed by atoms with Crippen LogP contribution in [0.15, 0.2) is 30.3 Å². The van der Waals surface area contributed by atoms with Crippen molar-refractivity contribution in [1.29, 1.82) is 0 Å². The van der Waals surface area contributed by atoms with Crippen molar-refractivity contribution >= 4 is 23.0 Å². The number of fused-ring (bicyclic) bond motifs is 1. The molecule has 5 nitrogen and oxygen atoms in total. The normalized spacial score (nSPS) is 16.0. The minimum Gasteiger partial charge on any atom is -0.497 e. The van der Waals surface area contributed by atoms with Gasteiger partial charge in [0.2, 0.25) is 0 Å². The number of carbonyl (C=O) groups excluding carboxylic acids is 2. The Balaban J connectivity index is 1.57. The number of carbonyl (C=O) groups is 2. The molecule has 3 rings (SSSR count). The molecular weight excluding hydrogens is 326 g/mol. The number of rotatable bonds is 5. The van der Waals surface area contributed by atoms with E-state index in [0.29, 0.717) is 22.9 Å². The van der Waals surface area contributed by atoms with Crippen LogP contribution in [0, 0.1) is 5.92 Å². The molecule has 0 saturated heterocycles. The van der Waals surface area contributed by atoms with E-state index in [9.17, 15) is 9.59 Å². The van der Waals surface area contributed by atoms with Crippen molar-refractivity contribution in [3.05, 3.63) is 45.6 Å². The minimum absolute atomic E-state index is 0.0215. The van der Waals surface area contributed by atoms with Gasteiger partial charge < -0.3 is 14.8 Å². The molecule has 1 amide bonds. The number of benzene rings is 1. The highest BCUT2D eigenvalue weighted by molar-refractivity contribution is 7.15. The van der Waals surface area contributed by atoms with Crippen molar-refractivity contribution in [1.82, 2.24) is 5.32 Å². The van der Waals surface area contributed by atoms with Crippen LogP contribution >= 0.6 is 11.3 Å². The molecule has 0 spiro atoms. The molecular formula is C18H19NO4S. The van der Waals surface area contributed by atoms with Gasteiger partial charge in [0.25, 0.3) is 5.91 Å². The van der Waals surface area contributed by atoms with Crippen LogP contribution in [0.5, 0.6) is 11.5 Å². The van der Waals surface area contributed by atoms with Crippen LogP contribution in [-0.2, 0) is 6.42 Å². The molecule has 0 saturated carbocycles. The maximum atomic E-state index is 12.2. The fourth-order valence-electron chi connectivity index (χ4n) is 2.65. The molecule has 1 N–H and O–H groups in total. The topological polar surface area (TPSA) is 64.6 Å². The SMILES string of the molecule is COc1ccc2c(c1)OCC(CNC(=O)c1ccc(C(C)=O)s1)C2. The van der Waals surface area contributed by atoms with E-state index >= 15 is 0 Å². The van der Waals surface area contributed by atoms with E-state index in [1.165, 1.54) is 18.3 Å². The first-order chi connectivity index (χ1) is 11.6. The smallest absolute Gasteiger partial charge is 0.261 e. The van der Waals surface area contributed by atoms with Crippen LogP contribution in [-0.4, -0.2) is 32.0 Å². The van der Waals surface area contributed by atoms with E-state index in [2.05, 4.69) is 5.32 Å². The summed E-state index contributed by atoms with van der Waals surface area (Å²) in [5.74, 6) is 1.68. The number of ether oxygens (including phenoxy) is 2. The highest BCUT2D eigenvalue weighted by Gasteiger charge is 2.21. The Bertz CT molecular complexity index is 768. The zero-order valence-electron chi connectivity index (χ0n) is 13.6. The standard InChI is InChI=1S/C18H19NO4S/c1-11(20)16-5-6-17(24-16)18(21)19-9-12-7-13-3-4-14(22-2)8-15(13)23-10-12/h3-6,8,12H,7,9-10H2,1-2H3,(H,19,21). The van der Waals surface area contributed by atoms with Crippen molar-refractivity contribution in [2.45, 2.75) is 13.3 Å². The summed E-state index contributed by atoms with van der Waals surface area (Å²) in [5, 5.41) is 2.93. The fourth-order valence-corrected chi connectivity index (χ4v) is 3.46. The van der Waals surface area contributed by atoms with Gasteiger partial charge in [-0.25, -0.2) is 0 Å². The maximum Gasteiger partial charge on any atom is 0.261 e. The van der Waals surface area contributed by atoms with Gasteiger partial charge in [-0.05, 0) is 37.1 Å². The zero-order chi connectivity index (χ0) is 17.1. The van der Waals surface area contributed by atoms with Gasteiger partial charge in [0.1, 0.15) is 11.5 Å². The molecule has 1 unspecified atom stereocenters. The lowest BCUT2D eigenvalue weighted by atomic mass is 9.96. The molecule has 2 aromatic rings. The molecule has 2 heterocycles. The third-order valence-electron chi connectivity index (χ3n) is 3.99. The van der Waals surface area contributed by atoms with Crippen molar-refractivity contribution in [2.75, 3.05) is 20.3 Å². The molecule has 1 aliphatic rings. The summed E-state index contributed by atoms with van der Waals surface area (Å²) in [5.41, 5.74) is 1.12. The van der Waals surface area contributed by atoms with Gasteiger partial charge >= 0.3 is 0 Å². The largest absolute Gasteiger partial charge is 0.497 e. The Kier molecular flexibility index (Phi) is 4.85. The summed E-state index contributed by atoms with van der Waals surface area (Å²) in [6.45, 7) is 2.60. The van der Waals surface area contributed by atoms with Crippen LogP contribution in [0.4, 0.5) is 0 Å². The van der Waals surface area contributed by atoms with Crippen molar-refractivity contribution in [2.24, 2.45) is 5.92 Å². The molecule has 0 aliphatic carbocycles. The highest BCUT2D eigenvalue weighted by Crippen LogP contribution is 2.30. The van der Waals surface area contributed by atoms with Gasteiger partial charge in [-0.15, -0.1) is 11.3 Å². The van der Waals surface area contributed by atoms with Crippen LogP contribution < -0.4 is 14.8 Å². The molecule has 1 aromatic heterocycles. The quantitative estimate of drug-likeness (QED) is 0.846. The first-order valence-electron chi connectivity index (χ1n) is 7.75. The average molecular weight is 345 g/mol. The highest BCUT2D eigenvalue weighted by atomic mass is 32.1. The molecule has 1 aromatic carbocycles. The third kappa shape index (κ3) is 3.59. The molecule has 24 heavy (non-hydrogen) atoms. The summed E-state index contributed by atoms with van der Waals surface area (Å²) in [6, 6.07) is 9.18. The number of hydrogen-bond acceptors (Lipinski definition) is 5. The predicted molar refractivity (Wildman–Crippen MR) is 92.3 cm³/mol. The van der Waals surface area contributed by atoms with E-state index in [0.717, 1.165) is 23.5 Å². The van der Waals surface area contributed by atoms with Gasteiger partial charge in [0.05, 0.1) is 23.5 Å². The summed E-state index contributed by atoms with van der Waals surface area (Å²) >= 11 is 1.22. The Labute approximate surface area is 144 Å². The van der Waals surface area contributed by atoms with E-state index in [1.807, 2.05) is 18.2 Å². The number of Topliss-reactive ketones (excluding diaryl/α,β-unsaturated/α-hetero) is 1. The van der Waals surface area contributed by atoms with E-state index in [1.54, 1.807) is 19.2 Å². The minimum atomic E-state index is -0.145. The second-order valence-corrected chi connectivity index (χ2v) is 6.87. The lowest BCUT2D eigenvalue weighted by molar-refractivity contribution is 0.0942. The van der Waals surface area contributed by atoms with E-state index in [4.69, 9.17) is 9.47 Å². The monoisotopic (exact) mass is 345 g/mol. The molecule has 126 valence electrons. The fraction of sp³-hybridized carbons (Fsp3) is 0.333. The van der Waals surface area contributed by atoms with Crippen molar-refractivity contribution in [3.8, 4) is 11.5 Å². The van der Waals surface area contributed by atoms with E-state index in [-0.39, 0.29) is 17.6 Å². The number of hydrogen-bond donors (Lipinski definition) is 1. The maximum absolute atomic E-state index is 12.2. The first-order valence-corrected chi connectivity index (χ1v) is 8.57. The lowest BCUT2D eigenvalue weighted by Gasteiger charge is -2.25. The van der Waals surface area contributed by atoms with Gasteiger partial charge in [-0.2, -0.15) is 0 Å². The van der Waals surface area contributed by atoms with Crippen molar-refractivity contribution in [3.63, 3.8) is 0 Å². The zero-order valence-corrected chi connectivity index (χ0v) is 14.4. The third-order valence-corrected chi connectivity index (χ3v) is 5.17. The van der Waals surface area contributed by atoms with Crippen LogP contribution in [0.1, 0.15) is 31.8 Å². The molecule has 1 aliphatic heterocycles. The van der Waals surface area contributed by atoms with Crippen LogP contribution in [0.25, 0.3) is 0 Å². The van der Waals surface area contributed by atoms with Crippen molar-refractivity contribution < 1.29 is 19.1 Å². The Morgan fingerprint density at radius 3 is 2.79 bits per heavy atom. The van der Waals surface area contributed by atoms with E-state index < -0.39 is 0 Å². The average Bonchev–Trinajstić information content (AvgIpc) is 3.09. The Morgan fingerprint density at radius 2 is 2.08 bits per heavy atom. The molecule has 0 radical (unpaired) electrons. The van der Waals surface area contributed by atoms with Crippen LogP contribution in [0.2, 0.25) is 0 Å². The summed E-state index contributed by atoms with van der Waals surface area (Å²) in [7, 11) is 1.63. The number of nitrogens with one attached hydrogen (secondary N) is 1. The van der Waals surface area contributed by atoms with Crippen LogP contribution in [0.3, 0.4) is 0 Å². The van der Waals surface area contributed by atoms with Gasteiger partial charge in [-0.1, -0.05) is 6.07 Å². The number of amides is 1. The van der Waals surface area contributed by atoms with Gasteiger partial charge in [-0.3, -0.25) is 9.59 Å². The predicted octanol–water partition coefficient (Wildman–Crippen LogP) is 2.94. The molecule has 0 bridgehead atoms. The first kappa shape index (κ1) is 16.5. The lowest BCUT2D eigenvalue weighted by Crippen LogP contribution is -2.34. The Morgan fingerprint density at radius 1 is 1.29 bits per heavy atom.